The first-order chi connectivity index (χ1) is 19.8. The smallest absolute Gasteiger partial charge is 0.431 e. The topological polar surface area (TPSA) is 141 Å². The van der Waals surface area contributed by atoms with Crippen molar-refractivity contribution in [3.63, 3.8) is 0 Å². The summed E-state index contributed by atoms with van der Waals surface area (Å²) in [4.78, 5) is 40.5. The molecule has 0 radical (unpaired) electrons. The van der Waals surface area contributed by atoms with Gasteiger partial charge in [-0.25, -0.2) is 22.9 Å². The van der Waals surface area contributed by atoms with Crippen molar-refractivity contribution in [2.45, 2.75) is 94.5 Å². The third kappa shape index (κ3) is 9.84. The van der Waals surface area contributed by atoms with E-state index in [-0.39, 0.29) is 28.4 Å². The minimum atomic E-state index is -4.12. The van der Waals surface area contributed by atoms with Gasteiger partial charge in [0.05, 0.1) is 10.5 Å². The first-order valence-electron chi connectivity index (χ1n) is 14.6. The van der Waals surface area contributed by atoms with Crippen LogP contribution in [0.1, 0.15) is 93.0 Å². The second kappa shape index (κ2) is 15.0. The number of rotatable bonds is 11. The van der Waals surface area contributed by atoms with E-state index >= 15 is 0 Å². The van der Waals surface area contributed by atoms with Gasteiger partial charge < -0.3 is 14.8 Å². The number of ether oxygens (including phenoxy) is 2. The molecule has 0 atom stereocenters. The number of carbonyl (C=O) groups excluding carboxylic acids is 3. The summed E-state index contributed by atoms with van der Waals surface area (Å²) in [5.74, 6) is -0.211. The molecule has 0 unspecified atom stereocenters. The standard InChI is InChI=1S/C30H39N3O7S/c34-27(17-13-22-7-3-1-4-8-22)31-20-19-23-11-15-26(16-12-23)41(37,38)33-29(35)24-14-18-28(32-21-24)40-30(36)39-25-9-5-2-6-10-25/h11-12,14-16,18,21-22,25H,1-10,13,17,19-20H2,(H,31,34)(H,33,35). The Morgan fingerprint density at radius 2 is 1.56 bits per heavy atom. The summed E-state index contributed by atoms with van der Waals surface area (Å²) in [6.07, 6.45) is 13.2. The summed E-state index contributed by atoms with van der Waals surface area (Å²) in [6, 6.07) is 8.77. The number of sulfonamides is 1. The molecule has 1 aromatic heterocycles. The van der Waals surface area contributed by atoms with Crippen molar-refractivity contribution in [3.8, 4) is 5.88 Å². The number of pyridine rings is 1. The lowest BCUT2D eigenvalue weighted by Crippen LogP contribution is -2.30. The van der Waals surface area contributed by atoms with E-state index in [1.165, 1.54) is 56.4 Å². The summed E-state index contributed by atoms with van der Waals surface area (Å²) < 4.78 is 37.9. The van der Waals surface area contributed by atoms with Crippen molar-refractivity contribution < 1.29 is 32.3 Å². The number of amides is 2. The number of carbonyl (C=O) groups is 3. The summed E-state index contributed by atoms with van der Waals surface area (Å²) in [5.41, 5.74) is 0.849. The van der Waals surface area contributed by atoms with Gasteiger partial charge in [0.25, 0.3) is 15.9 Å². The van der Waals surface area contributed by atoms with Gasteiger partial charge in [0.1, 0.15) is 6.10 Å². The van der Waals surface area contributed by atoms with Crippen LogP contribution >= 0.6 is 0 Å². The second-order valence-corrected chi connectivity index (χ2v) is 12.5. The molecule has 0 spiro atoms. The first kappa shape index (κ1) is 30.5. The first-order valence-corrected chi connectivity index (χ1v) is 16.0. The van der Waals surface area contributed by atoms with E-state index in [0.29, 0.717) is 25.3 Å². The predicted octanol–water partition coefficient (Wildman–Crippen LogP) is 5.07. The van der Waals surface area contributed by atoms with Gasteiger partial charge in [-0.15, -0.1) is 0 Å². The monoisotopic (exact) mass is 585 g/mol. The lowest BCUT2D eigenvalue weighted by molar-refractivity contribution is -0.121. The maximum Gasteiger partial charge on any atom is 0.515 e. The summed E-state index contributed by atoms with van der Waals surface area (Å²) >= 11 is 0. The van der Waals surface area contributed by atoms with Gasteiger partial charge in [-0.05, 0) is 68.2 Å². The molecule has 0 bridgehead atoms. The lowest BCUT2D eigenvalue weighted by atomic mass is 9.86. The molecule has 4 rings (SSSR count). The van der Waals surface area contributed by atoms with Crippen LogP contribution < -0.4 is 14.8 Å². The lowest BCUT2D eigenvalue weighted by Gasteiger charge is -2.21. The fourth-order valence-corrected chi connectivity index (χ4v) is 6.30. The van der Waals surface area contributed by atoms with E-state index in [1.807, 2.05) is 4.72 Å². The summed E-state index contributed by atoms with van der Waals surface area (Å²) in [7, 11) is -4.12. The zero-order chi connectivity index (χ0) is 29.1. The molecule has 2 aliphatic rings. The number of benzene rings is 1. The predicted molar refractivity (Wildman–Crippen MR) is 152 cm³/mol. The zero-order valence-electron chi connectivity index (χ0n) is 23.3. The maximum atomic E-state index is 12.7. The molecule has 1 aromatic carbocycles. The van der Waals surface area contributed by atoms with Gasteiger partial charge in [-0.2, -0.15) is 0 Å². The third-order valence-electron chi connectivity index (χ3n) is 7.70. The van der Waals surface area contributed by atoms with Gasteiger partial charge >= 0.3 is 6.16 Å². The molecule has 2 saturated carbocycles. The number of nitrogens with one attached hydrogen (secondary N) is 2. The van der Waals surface area contributed by atoms with Gasteiger partial charge in [0, 0.05) is 25.2 Å². The van der Waals surface area contributed by atoms with E-state index in [4.69, 9.17) is 9.47 Å². The fraction of sp³-hybridized carbons (Fsp3) is 0.533. The molecule has 0 aliphatic heterocycles. The SMILES string of the molecule is O=C(CCC1CCCCC1)NCCc1ccc(S(=O)(=O)NC(=O)c2ccc(OC(=O)OC3CCCCC3)nc2)cc1. The van der Waals surface area contributed by atoms with Crippen molar-refractivity contribution in [1.29, 1.82) is 0 Å². The molecular formula is C30H39N3O7S. The Bertz CT molecular complexity index is 1270. The molecule has 222 valence electrons. The number of aromatic nitrogens is 1. The molecule has 41 heavy (non-hydrogen) atoms. The van der Waals surface area contributed by atoms with Crippen molar-refractivity contribution in [2.75, 3.05) is 6.54 Å². The highest BCUT2D eigenvalue weighted by Gasteiger charge is 2.21. The highest BCUT2D eigenvalue weighted by molar-refractivity contribution is 7.90. The molecule has 2 aliphatic carbocycles. The minimum Gasteiger partial charge on any atom is -0.431 e. The third-order valence-corrected chi connectivity index (χ3v) is 9.05. The number of hydrogen-bond acceptors (Lipinski definition) is 8. The summed E-state index contributed by atoms with van der Waals surface area (Å²) in [6.45, 7) is 0.470. The Balaban J connectivity index is 1.20. The van der Waals surface area contributed by atoms with Crippen LogP contribution in [0.5, 0.6) is 5.88 Å². The Morgan fingerprint density at radius 1 is 0.878 bits per heavy atom. The quantitative estimate of drug-likeness (QED) is 0.349. The molecule has 0 saturated heterocycles. The molecule has 2 N–H and O–H groups in total. The molecule has 2 aromatic rings. The van der Waals surface area contributed by atoms with Crippen LogP contribution in [0.2, 0.25) is 0 Å². The Hall–Kier alpha value is -3.47. The van der Waals surface area contributed by atoms with Crippen LogP contribution in [0, 0.1) is 5.92 Å². The van der Waals surface area contributed by atoms with E-state index in [1.54, 1.807) is 12.1 Å². The van der Waals surface area contributed by atoms with Crippen LogP contribution in [0.25, 0.3) is 0 Å². The molecular weight excluding hydrogens is 546 g/mol. The Labute approximate surface area is 241 Å². The number of nitrogens with zero attached hydrogens (tertiary/aromatic N) is 1. The Kier molecular flexibility index (Phi) is 11.1. The van der Waals surface area contributed by atoms with E-state index in [9.17, 15) is 22.8 Å². The molecule has 11 heteroatoms. The van der Waals surface area contributed by atoms with Crippen molar-refractivity contribution in [1.82, 2.24) is 15.0 Å². The zero-order valence-corrected chi connectivity index (χ0v) is 24.1. The van der Waals surface area contributed by atoms with Crippen LogP contribution in [0.3, 0.4) is 0 Å². The summed E-state index contributed by atoms with van der Waals surface area (Å²) in [5, 5.41) is 2.94. The average molecular weight is 586 g/mol. The van der Waals surface area contributed by atoms with Gasteiger partial charge in [0.15, 0.2) is 0 Å². The maximum absolute atomic E-state index is 12.7. The largest absolute Gasteiger partial charge is 0.515 e. The van der Waals surface area contributed by atoms with Crippen LogP contribution in [-0.4, -0.2) is 44.0 Å². The average Bonchev–Trinajstić information content (AvgIpc) is 2.97. The molecule has 2 fully saturated rings. The van der Waals surface area contributed by atoms with Gasteiger partial charge in [-0.3, -0.25) is 9.59 Å². The van der Waals surface area contributed by atoms with Crippen molar-refractivity contribution >= 4 is 28.0 Å². The Morgan fingerprint density at radius 3 is 2.22 bits per heavy atom. The molecule has 1 heterocycles. The van der Waals surface area contributed by atoms with E-state index < -0.39 is 22.1 Å². The van der Waals surface area contributed by atoms with Crippen molar-refractivity contribution in [3.05, 3.63) is 53.7 Å². The van der Waals surface area contributed by atoms with Gasteiger partial charge in [-0.1, -0.05) is 50.7 Å². The molecule has 10 nitrogen and oxygen atoms in total. The van der Waals surface area contributed by atoms with Gasteiger partial charge in [0.2, 0.25) is 11.8 Å². The van der Waals surface area contributed by atoms with E-state index in [2.05, 4.69) is 10.3 Å². The van der Waals surface area contributed by atoms with Crippen LogP contribution in [-0.2, 0) is 26.0 Å². The van der Waals surface area contributed by atoms with E-state index in [0.717, 1.165) is 50.3 Å². The highest BCUT2D eigenvalue weighted by Crippen LogP contribution is 2.27. The van der Waals surface area contributed by atoms with Crippen LogP contribution in [0.4, 0.5) is 4.79 Å². The van der Waals surface area contributed by atoms with Crippen molar-refractivity contribution in [2.24, 2.45) is 5.92 Å². The van der Waals surface area contributed by atoms with Crippen LogP contribution in [0.15, 0.2) is 47.5 Å². The molecule has 2 amide bonds. The normalized spacial score (nSPS) is 16.5. The fourth-order valence-electron chi connectivity index (χ4n) is 5.32. The number of hydrogen-bond donors (Lipinski definition) is 2. The second-order valence-electron chi connectivity index (χ2n) is 10.8. The minimum absolute atomic E-state index is 0.0163. The highest BCUT2D eigenvalue weighted by atomic mass is 32.2.